The van der Waals surface area contributed by atoms with Gasteiger partial charge in [0.1, 0.15) is 5.75 Å². The van der Waals surface area contributed by atoms with Crippen molar-refractivity contribution in [1.82, 2.24) is 5.32 Å². The predicted molar refractivity (Wildman–Crippen MR) is 107 cm³/mol. The molecule has 0 bridgehead atoms. The highest BCUT2D eigenvalue weighted by Crippen LogP contribution is 2.28. The van der Waals surface area contributed by atoms with Gasteiger partial charge in [-0.1, -0.05) is 18.2 Å². The zero-order valence-electron chi connectivity index (χ0n) is 16.6. The van der Waals surface area contributed by atoms with E-state index < -0.39 is 6.10 Å². The van der Waals surface area contributed by atoms with Crippen LogP contribution < -0.4 is 19.5 Å². The van der Waals surface area contributed by atoms with Crippen LogP contribution in [-0.2, 0) is 11.2 Å². The second-order valence-electron chi connectivity index (χ2n) is 6.26. The number of aryl methyl sites for hydroxylation is 1. The molecule has 1 amide bonds. The molecule has 0 saturated carbocycles. The van der Waals surface area contributed by atoms with E-state index in [2.05, 4.69) is 5.32 Å². The fourth-order valence-electron chi connectivity index (χ4n) is 2.67. The average molecular weight is 371 g/mol. The minimum atomic E-state index is -0.550. The van der Waals surface area contributed by atoms with Crippen molar-refractivity contribution >= 4 is 5.91 Å². The first-order chi connectivity index (χ1) is 13.0. The molecule has 0 unspecified atom stereocenters. The van der Waals surface area contributed by atoms with Crippen LogP contribution in [0.25, 0.3) is 0 Å². The molecule has 0 saturated heterocycles. The Bertz CT molecular complexity index is 745. The van der Waals surface area contributed by atoms with Gasteiger partial charge in [0.25, 0.3) is 5.91 Å². The summed E-state index contributed by atoms with van der Waals surface area (Å²) in [6.45, 7) is 9.33. The normalized spacial score (nSPS) is 11.6. The summed E-state index contributed by atoms with van der Waals surface area (Å²) in [6, 6.07) is 13.5. The van der Waals surface area contributed by atoms with E-state index in [1.54, 1.807) is 6.92 Å². The van der Waals surface area contributed by atoms with Crippen LogP contribution in [0, 0.1) is 6.92 Å². The third-order valence-corrected chi connectivity index (χ3v) is 3.99. The number of benzene rings is 2. The summed E-state index contributed by atoms with van der Waals surface area (Å²) in [4.78, 5) is 12.3. The standard InChI is InChI=1S/C22H29NO4/c1-5-25-20-11-10-18(15-21(20)26-6-2)12-13-23-22(24)17(4)27-19-9-7-8-16(3)14-19/h7-11,14-15,17H,5-6,12-13H2,1-4H3,(H,23,24)/t17-/m1/s1. The number of hydrogen-bond acceptors (Lipinski definition) is 4. The van der Waals surface area contributed by atoms with Crippen molar-refractivity contribution in [3.8, 4) is 17.2 Å². The lowest BCUT2D eigenvalue weighted by Gasteiger charge is -2.15. The van der Waals surface area contributed by atoms with Gasteiger partial charge < -0.3 is 19.5 Å². The second-order valence-corrected chi connectivity index (χ2v) is 6.26. The van der Waals surface area contributed by atoms with Gasteiger partial charge in [-0.2, -0.15) is 0 Å². The zero-order chi connectivity index (χ0) is 19.6. The Morgan fingerprint density at radius 2 is 1.78 bits per heavy atom. The maximum Gasteiger partial charge on any atom is 0.260 e. The summed E-state index contributed by atoms with van der Waals surface area (Å²) in [7, 11) is 0. The van der Waals surface area contributed by atoms with E-state index in [4.69, 9.17) is 14.2 Å². The van der Waals surface area contributed by atoms with Gasteiger partial charge in [0, 0.05) is 6.54 Å². The molecule has 0 aliphatic rings. The first kappa shape index (κ1) is 20.6. The fourth-order valence-corrected chi connectivity index (χ4v) is 2.67. The topological polar surface area (TPSA) is 56.8 Å². The fraction of sp³-hybridized carbons (Fsp3) is 0.409. The highest BCUT2D eigenvalue weighted by molar-refractivity contribution is 5.80. The molecule has 0 heterocycles. The van der Waals surface area contributed by atoms with Crippen molar-refractivity contribution in [2.75, 3.05) is 19.8 Å². The first-order valence-electron chi connectivity index (χ1n) is 9.43. The number of hydrogen-bond donors (Lipinski definition) is 1. The van der Waals surface area contributed by atoms with Crippen LogP contribution in [0.4, 0.5) is 0 Å². The SMILES string of the molecule is CCOc1ccc(CCNC(=O)[C@@H](C)Oc2cccc(C)c2)cc1OCC. The molecule has 5 heteroatoms. The van der Waals surface area contributed by atoms with Crippen LogP contribution in [0.3, 0.4) is 0 Å². The molecule has 0 aliphatic heterocycles. The van der Waals surface area contributed by atoms with Gasteiger partial charge in [-0.3, -0.25) is 4.79 Å². The summed E-state index contributed by atoms with van der Waals surface area (Å²) >= 11 is 0. The molecule has 2 aromatic rings. The van der Waals surface area contributed by atoms with Gasteiger partial charge in [-0.15, -0.1) is 0 Å². The van der Waals surface area contributed by atoms with Gasteiger partial charge in [-0.05, 0) is 69.5 Å². The average Bonchev–Trinajstić information content (AvgIpc) is 2.64. The van der Waals surface area contributed by atoms with Crippen molar-refractivity contribution in [3.63, 3.8) is 0 Å². The number of carbonyl (C=O) groups is 1. The van der Waals surface area contributed by atoms with Gasteiger partial charge in [0.2, 0.25) is 0 Å². The number of ether oxygens (including phenoxy) is 3. The summed E-state index contributed by atoms with van der Waals surface area (Å²) in [6.07, 6.45) is 0.154. The maximum absolute atomic E-state index is 12.3. The summed E-state index contributed by atoms with van der Waals surface area (Å²) in [5.41, 5.74) is 2.18. The lowest BCUT2D eigenvalue weighted by molar-refractivity contribution is -0.127. The summed E-state index contributed by atoms with van der Waals surface area (Å²) in [5.74, 6) is 2.05. The molecular weight excluding hydrogens is 342 g/mol. The van der Waals surface area contributed by atoms with Crippen LogP contribution in [0.2, 0.25) is 0 Å². The van der Waals surface area contributed by atoms with Gasteiger partial charge in [0.05, 0.1) is 13.2 Å². The first-order valence-corrected chi connectivity index (χ1v) is 9.43. The monoisotopic (exact) mass is 371 g/mol. The molecule has 0 aliphatic carbocycles. The van der Waals surface area contributed by atoms with E-state index in [1.165, 1.54) is 0 Å². The highest BCUT2D eigenvalue weighted by Gasteiger charge is 2.14. The molecule has 0 aromatic heterocycles. The highest BCUT2D eigenvalue weighted by atomic mass is 16.5. The number of rotatable bonds is 10. The Morgan fingerprint density at radius 1 is 1.04 bits per heavy atom. The van der Waals surface area contributed by atoms with Crippen LogP contribution in [0.5, 0.6) is 17.2 Å². The molecule has 27 heavy (non-hydrogen) atoms. The molecule has 2 aromatic carbocycles. The van der Waals surface area contributed by atoms with E-state index in [0.717, 1.165) is 22.6 Å². The van der Waals surface area contributed by atoms with Crippen molar-refractivity contribution in [1.29, 1.82) is 0 Å². The van der Waals surface area contributed by atoms with Gasteiger partial charge in [0.15, 0.2) is 17.6 Å². The van der Waals surface area contributed by atoms with E-state index in [-0.39, 0.29) is 5.91 Å². The predicted octanol–water partition coefficient (Wildman–Crippen LogP) is 3.92. The molecule has 1 atom stereocenters. The summed E-state index contributed by atoms with van der Waals surface area (Å²) < 4.78 is 16.9. The Kier molecular flexibility index (Phi) is 7.99. The van der Waals surface area contributed by atoms with Crippen molar-refractivity contribution in [2.24, 2.45) is 0 Å². The molecule has 0 radical (unpaired) electrons. The van der Waals surface area contributed by atoms with Gasteiger partial charge in [-0.25, -0.2) is 0 Å². The van der Waals surface area contributed by atoms with Crippen molar-refractivity contribution in [2.45, 2.75) is 40.2 Å². The smallest absolute Gasteiger partial charge is 0.260 e. The lowest BCUT2D eigenvalue weighted by Crippen LogP contribution is -2.37. The van der Waals surface area contributed by atoms with E-state index in [9.17, 15) is 4.79 Å². The number of carbonyl (C=O) groups excluding carboxylic acids is 1. The minimum Gasteiger partial charge on any atom is -0.490 e. The Labute approximate surface area is 161 Å². The molecule has 1 N–H and O–H groups in total. The molecule has 0 spiro atoms. The number of amides is 1. The van der Waals surface area contributed by atoms with Crippen LogP contribution in [-0.4, -0.2) is 31.8 Å². The lowest BCUT2D eigenvalue weighted by atomic mass is 10.1. The van der Waals surface area contributed by atoms with Crippen molar-refractivity contribution < 1.29 is 19.0 Å². The quantitative estimate of drug-likeness (QED) is 0.688. The molecule has 5 nitrogen and oxygen atoms in total. The maximum atomic E-state index is 12.3. The third-order valence-electron chi connectivity index (χ3n) is 3.99. The summed E-state index contributed by atoms with van der Waals surface area (Å²) in [5, 5.41) is 2.92. The van der Waals surface area contributed by atoms with E-state index >= 15 is 0 Å². The minimum absolute atomic E-state index is 0.132. The number of nitrogens with one attached hydrogen (secondary N) is 1. The van der Waals surface area contributed by atoms with Gasteiger partial charge >= 0.3 is 0 Å². The second kappa shape index (κ2) is 10.5. The molecule has 146 valence electrons. The zero-order valence-corrected chi connectivity index (χ0v) is 16.6. The Hall–Kier alpha value is -2.69. The van der Waals surface area contributed by atoms with Crippen molar-refractivity contribution in [3.05, 3.63) is 53.6 Å². The van der Waals surface area contributed by atoms with Crippen LogP contribution in [0.1, 0.15) is 31.9 Å². The Balaban J connectivity index is 1.85. The largest absolute Gasteiger partial charge is 0.490 e. The molecule has 2 rings (SSSR count). The Morgan fingerprint density at radius 3 is 2.48 bits per heavy atom. The van der Waals surface area contributed by atoms with E-state index in [1.807, 2.05) is 63.2 Å². The molecular formula is C22H29NO4. The van der Waals surface area contributed by atoms with E-state index in [0.29, 0.717) is 31.9 Å². The van der Waals surface area contributed by atoms with Crippen LogP contribution in [0.15, 0.2) is 42.5 Å². The molecule has 0 fully saturated rings. The van der Waals surface area contributed by atoms with Crippen LogP contribution >= 0.6 is 0 Å². The third kappa shape index (κ3) is 6.51.